The Bertz CT molecular complexity index is 198. The second-order valence-corrected chi connectivity index (χ2v) is 1.80. The Labute approximate surface area is 61.5 Å². The second kappa shape index (κ2) is 3.77. The first-order valence-electron chi connectivity index (χ1n) is 2.79. The molecule has 0 saturated heterocycles. The minimum absolute atomic E-state index is 0. The Morgan fingerprint density at radius 3 is 2.50 bits per heavy atom. The molecule has 1 aromatic rings. The number of nitrogens with one attached hydrogen (secondary N) is 1. The maximum atomic E-state index is 8.90. The van der Waals surface area contributed by atoms with Crippen molar-refractivity contribution >= 4 is 5.69 Å². The van der Waals surface area contributed by atoms with Gasteiger partial charge >= 0.3 is 0 Å². The average molecular weight is 139 g/mol. The Morgan fingerprint density at radius 1 is 1.40 bits per heavy atom. The summed E-state index contributed by atoms with van der Waals surface area (Å²) in [6.45, 7) is 0. The van der Waals surface area contributed by atoms with E-state index in [0.29, 0.717) is 5.75 Å². The molecule has 2 nitrogen and oxygen atoms in total. The summed E-state index contributed by atoms with van der Waals surface area (Å²) < 4.78 is 0. The molecule has 0 aromatic heterocycles. The lowest BCUT2D eigenvalue weighted by Gasteiger charge is -1.97. The predicted octanol–water partition coefficient (Wildman–Crippen LogP) is 2.07. The first-order valence-corrected chi connectivity index (χ1v) is 2.79. The third-order valence-corrected chi connectivity index (χ3v) is 1.13. The van der Waals surface area contributed by atoms with Crippen LogP contribution in [0.2, 0.25) is 0 Å². The molecule has 56 valence electrons. The summed E-state index contributed by atoms with van der Waals surface area (Å²) in [4.78, 5) is 0. The van der Waals surface area contributed by atoms with Crippen LogP contribution in [-0.4, -0.2) is 12.2 Å². The van der Waals surface area contributed by atoms with Crippen molar-refractivity contribution in [2.45, 2.75) is 7.43 Å². The average Bonchev–Trinajstić information content (AvgIpc) is 1.88. The van der Waals surface area contributed by atoms with Gasteiger partial charge in [-0.25, -0.2) is 0 Å². The van der Waals surface area contributed by atoms with E-state index in [2.05, 4.69) is 5.32 Å². The van der Waals surface area contributed by atoms with E-state index in [4.69, 9.17) is 5.11 Å². The summed E-state index contributed by atoms with van der Waals surface area (Å²) in [5.74, 6) is 0.293. The van der Waals surface area contributed by atoms with E-state index >= 15 is 0 Å². The fourth-order valence-corrected chi connectivity index (χ4v) is 0.661. The Morgan fingerprint density at radius 2 is 2.10 bits per heavy atom. The molecular formula is C8H13NO. The van der Waals surface area contributed by atoms with Crippen molar-refractivity contribution in [3.8, 4) is 5.75 Å². The monoisotopic (exact) mass is 139 g/mol. The van der Waals surface area contributed by atoms with E-state index in [0.717, 1.165) is 5.69 Å². The molecule has 0 aliphatic rings. The molecule has 0 saturated carbocycles. The zero-order valence-corrected chi connectivity index (χ0v) is 5.26. The maximum Gasteiger partial charge on any atom is 0.117 e. The summed E-state index contributed by atoms with van der Waals surface area (Å²) >= 11 is 0. The van der Waals surface area contributed by atoms with Crippen LogP contribution < -0.4 is 5.32 Å². The Hall–Kier alpha value is -1.18. The quantitative estimate of drug-likeness (QED) is 0.624. The Balaban J connectivity index is 0.000000810. The van der Waals surface area contributed by atoms with Crippen LogP contribution in [0, 0.1) is 0 Å². The number of anilines is 1. The topological polar surface area (TPSA) is 32.3 Å². The van der Waals surface area contributed by atoms with Crippen molar-refractivity contribution in [3.05, 3.63) is 24.3 Å². The van der Waals surface area contributed by atoms with Crippen molar-refractivity contribution in [2.75, 3.05) is 12.4 Å². The molecule has 0 unspecified atom stereocenters. The van der Waals surface area contributed by atoms with Gasteiger partial charge in [-0.3, -0.25) is 0 Å². The summed E-state index contributed by atoms with van der Waals surface area (Å²) in [7, 11) is 1.81. The van der Waals surface area contributed by atoms with Crippen LogP contribution in [0.25, 0.3) is 0 Å². The van der Waals surface area contributed by atoms with Crippen LogP contribution >= 0.6 is 0 Å². The van der Waals surface area contributed by atoms with Gasteiger partial charge in [0.05, 0.1) is 0 Å². The zero-order chi connectivity index (χ0) is 6.69. The largest absolute Gasteiger partial charge is 0.508 e. The number of aromatic hydroxyl groups is 1. The van der Waals surface area contributed by atoms with Crippen molar-refractivity contribution in [3.63, 3.8) is 0 Å². The third kappa shape index (κ3) is 1.97. The summed E-state index contributed by atoms with van der Waals surface area (Å²) in [5, 5.41) is 11.8. The Kier molecular flexibility index (Phi) is 3.33. The third-order valence-electron chi connectivity index (χ3n) is 1.13. The summed E-state index contributed by atoms with van der Waals surface area (Å²) in [5.41, 5.74) is 0.926. The number of phenols is 1. The highest BCUT2D eigenvalue weighted by atomic mass is 16.3. The second-order valence-electron chi connectivity index (χ2n) is 1.80. The van der Waals surface area contributed by atoms with Gasteiger partial charge in [0.15, 0.2) is 0 Å². The molecule has 2 N–H and O–H groups in total. The summed E-state index contributed by atoms with van der Waals surface area (Å²) in [6.07, 6.45) is 0. The number of hydrogen-bond donors (Lipinski definition) is 2. The fourth-order valence-electron chi connectivity index (χ4n) is 0.661. The van der Waals surface area contributed by atoms with Gasteiger partial charge < -0.3 is 10.4 Å². The molecule has 0 aliphatic carbocycles. The van der Waals surface area contributed by atoms with E-state index in [1.54, 1.807) is 18.2 Å². The molecule has 0 fully saturated rings. The lowest BCUT2D eigenvalue weighted by molar-refractivity contribution is 0.475. The van der Waals surface area contributed by atoms with Crippen LogP contribution in [-0.2, 0) is 0 Å². The zero-order valence-electron chi connectivity index (χ0n) is 5.26. The van der Waals surface area contributed by atoms with Crippen molar-refractivity contribution in [1.82, 2.24) is 0 Å². The van der Waals surface area contributed by atoms with Crippen LogP contribution in [0.1, 0.15) is 7.43 Å². The molecule has 0 spiro atoms. The number of rotatable bonds is 1. The van der Waals surface area contributed by atoms with Crippen molar-refractivity contribution in [2.24, 2.45) is 0 Å². The number of phenolic OH excluding ortho intramolecular Hbond substituents is 1. The summed E-state index contributed by atoms with van der Waals surface area (Å²) in [6, 6.07) is 6.99. The molecule has 0 heterocycles. The molecule has 1 rings (SSSR count). The molecule has 1 aromatic carbocycles. The van der Waals surface area contributed by atoms with Gasteiger partial charge in [0.1, 0.15) is 5.75 Å². The SMILES string of the molecule is C.CNc1cccc(O)c1. The van der Waals surface area contributed by atoms with E-state index in [9.17, 15) is 0 Å². The minimum atomic E-state index is 0. The standard InChI is InChI=1S/C7H9NO.CH4/c1-8-6-3-2-4-7(9)5-6;/h2-5,8-9H,1H3;1H4. The minimum Gasteiger partial charge on any atom is -0.508 e. The lowest BCUT2D eigenvalue weighted by atomic mass is 10.3. The lowest BCUT2D eigenvalue weighted by Crippen LogP contribution is -1.85. The fraction of sp³-hybridized carbons (Fsp3) is 0.250. The van der Waals surface area contributed by atoms with E-state index < -0.39 is 0 Å². The molecule has 0 radical (unpaired) electrons. The number of benzene rings is 1. The van der Waals surface area contributed by atoms with Gasteiger partial charge in [-0.05, 0) is 12.1 Å². The smallest absolute Gasteiger partial charge is 0.117 e. The maximum absolute atomic E-state index is 8.90. The molecule has 0 bridgehead atoms. The highest BCUT2D eigenvalue weighted by Gasteiger charge is 1.86. The molecule has 0 atom stereocenters. The van der Waals surface area contributed by atoms with Crippen molar-refractivity contribution < 1.29 is 5.11 Å². The van der Waals surface area contributed by atoms with Crippen LogP contribution in [0.15, 0.2) is 24.3 Å². The highest BCUT2D eigenvalue weighted by molar-refractivity contribution is 5.46. The van der Waals surface area contributed by atoms with Gasteiger partial charge in [-0.2, -0.15) is 0 Å². The van der Waals surface area contributed by atoms with Gasteiger partial charge in [-0.1, -0.05) is 13.5 Å². The first kappa shape index (κ1) is 8.82. The highest BCUT2D eigenvalue weighted by Crippen LogP contribution is 2.13. The molecule has 10 heavy (non-hydrogen) atoms. The van der Waals surface area contributed by atoms with Gasteiger partial charge in [0.25, 0.3) is 0 Å². The molecular weight excluding hydrogens is 126 g/mol. The van der Waals surface area contributed by atoms with E-state index in [1.807, 2.05) is 13.1 Å². The molecule has 0 aliphatic heterocycles. The van der Waals surface area contributed by atoms with Gasteiger partial charge in [-0.15, -0.1) is 0 Å². The van der Waals surface area contributed by atoms with Crippen LogP contribution in [0.4, 0.5) is 5.69 Å². The molecule has 2 heteroatoms. The van der Waals surface area contributed by atoms with Crippen LogP contribution in [0.5, 0.6) is 5.75 Å². The molecule has 0 amide bonds. The van der Waals surface area contributed by atoms with Gasteiger partial charge in [0, 0.05) is 18.8 Å². The van der Waals surface area contributed by atoms with Crippen LogP contribution in [0.3, 0.4) is 0 Å². The van der Waals surface area contributed by atoms with E-state index in [-0.39, 0.29) is 7.43 Å². The first-order chi connectivity index (χ1) is 4.33. The van der Waals surface area contributed by atoms with Gasteiger partial charge in [0.2, 0.25) is 0 Å². The normalized spacial score (nSPS) is 8.10. The number of hydrogen-bond acceptors (Lipinski definition) is 2. The van der Waals surface area contributed by atoms with Crippen molar-refractivity contribution in [1.29, 1.82) is 0 Å². The predicted molar refractivity (Wildman–Crippen MR) is 44.4 cm³/mol. The van der Waals surface area contributed by atoms with E-state index in [1.165, 1.54) is 0 Å².